The maximum absolute atomic E-state index is 12.1. The van der Waals surface area contributed by atoms with E-state index in [9.17, 15) is 4.79 Å². The minimum absolute atomic E-state index is 0.131. The summed E-state index contributed by atoms with van der Waals surface area (Å²) >= 11 is 0. The molecule has 1 unspecified atom stereocenters. The zero-order valence-electron chi connectivity index (χ0n) is 10.7. The number of fused-ring (bicyclic) bond motifs is 1. The highest BCUT2D eigenvalue weighted by Crippen LogP contribution is 2.25. The molecule has 1 fully saturated rings. The summed E-state index contributed by atoms with van der Waals surface area (Å²) in [6.45, 7) is 1.86. The maximum Gasteiger partial charge on any atom is 0.228 e. The van der Waals surface area contributed by atoms with Crippen LogP contribution in [-0.4, -0.2) is 19.0 Å². The van der Waals surface area contributed by atoms with Crippen molar-refractivity contribution in [3.63, 3.8) is 0 Å². The molecule has 0 spiro atoms. The molecule has 96 valence electrons. The van der Waals surface area contributed by atoms with Gasteiger partial charge in [0.1, 0.15) is 0 Å². The lowest BCUT2D eigenvalue weighted by atomic mass is 9.98. The summed E-state index contributed by atoms with van der Waals surface area (Å²) in [7, 11) is 0. The fraction of sp³-hybridized carbons (Fsp3) is 0.533. The third-order valence-corrected chi connectivity index (χ3v) is 4.03. The Hall–Kier alpha value is -1.35. The molecule has 1 aromatic rings. The Kier molecular flexibility index (Phi) is 3.33. The SMILES string of the molecule is O=C(Nc1ccc2c(c1)CCC2)C1CCCNC1. The summed E-state index contributed by atoms with van der Waals surface area (Å²) in [6, 6.07) is 6.35. The monoisotopic (exact) mass is 244 g/mol. The predicted molar refractivity (Wildman–Crippen MR) is 72.7 cm³/mol. The minimum atomic E-state index is 0.131. The molecule has 18 heavy (non-hydrogen) atoms. The van der Waals surface area contributed by atoms with Crippen molar-refractivity contribution in [3.8, 4) is 0 Å². The van der Waals surface area contributed by atoms with Gasteiger partial charge in [-0.1, -0.05) is 6.07 Å². The molecule has 1 heterocycles. The highest BCUT2D eigenvalue weighted by atomic mass is 16.1. The number of hydrogen-bond acceptors (Lipinski definition) is 2. The second kappa shape index (κ2) is 5.11. The maximum atomic E-state index is 12.1. The van der Waals surface area contributed by atoms with Crippen molar-refractivity contribution >= 4 is 11.6 Å². The van der Waals surface area contributed by atoms with Crippen molar-refractivity contribution in [1.82, 2.24) is 5.32 Å². The number of hydrogen-bond donors (Lipinski definition) is 2. The Morgan fingerprint density at radius 3 is 2.94 bits per heavy atom. The fourth-order valence-electron chi connectivity index (χ4n) is 2.97. The van der Waals surface area contributed by atoms with Crippen LogP contribution in [0, 0.1) is 5.92 Å². The van der Waals surface area contributed by atoms with E-state index >= 15 is 0 Å². The highest BCUT2D eigenvalue weighted by Gasteiger charge is 2.21. The number of carbonyl (C=O) groups is 1. The predicted octanol–water partition coefficient (Wildman–Crippen LogP) is 2.11. The van der Waals surface area contributed by atoms with Crippen molar-refractivity contribution in [2.75, 3.05) is 18.4 Å². The number of aryl methyl sites for hydroxylation is 2. The van der Waals surface area contributed by atoms with Gasteiger partial charge in [0.2, 0.25) is 5.91 Å². The van der Waals surface area contributed by atoms with Crippen molar-refractivity contribution in [2.45, 2.75) is 32.1 Å². The lowest BCUT2D eigenvalue weighted by Crippen LogP contribution is -2.37. The Balaban J connectivity index is 1.66. The molecular formula is C15H20N2O. The van der Waals surface area contributed by atoms with Gasteiger partial charge >= 0.3 is 0 Å². The molecular weight excluding hydrogens is 224 g/mol. The average Bonchev–Trinajstić information content (AvgIpc) is 2.87. The normalized spacial score (nSPS) is 22.6. The van der Waals surface area contributed by atoms with Gasteiger partial charge in [-0.05, 0) is 61.9 Å². The number of benzene rings is 1. The fourth-order valence-corrected chi connectivity index (χ4v) is 2.97. The van der Waals surface area contributed by atoms with E-state index in [-0.39, 0.29) is 11.8 Å². The summed E-state index contributed by atoms with van der Waals surface area (Å²) in [5.41, 5.74) is 3.83. The van der Waals surface area contributed by atoms with E-state index in [1.54, 1.807) is 0 Å². The van der Waals surface area contributed by atoms with Crippen LogP contribution in [0.2, 0.25) is 0 Å². The zero-order valence-corrected chi connectivity index (χ0v) is 10.7. The molecule has 1 atom stereocenters. The van der Waals surface area contributed by atoms with Gasteiger partial charge in [0.25, 0.3) is 0 Å². The van der Waals surface area contributed by atoms with Crippen molar-refractivity contribution in [3.05, 3.63) is 29.3 Å². The number of rotatable bonds is 2. The van der Waals surface area contributed by atoms with Gasteiger partial charge in [0, 0.05) is 12.2 Å². The van der Waals surface area contributed by atoms with Crippen LogP contribution >= 0.6 is 0 Å². The Morgan fingerprint density at radius 1 is 1.22 bits per heavy atom. The van der Waals surface area contributed by atoms with Gasteiger partial charge in [0.05, 0.1) is 5.92 Å². The van der Waals surface area contributed by atoms with E-state index in [4.69, 9.17) is 0 Å². The van der Waals surface area contributed by atoms with Crippen LogP contribution in [0.3, 0.4) is 0 Å². The van der Waals surface area contributed by atoms with Crippen molar-refractivity contribution in [1.29, 1.82) is 0 Å². The smallest absolute Gasteiger partial charge is 0.228 e. The Morgan fingerprint density at radius 2 is 2.11 bits per heavy atom. The lowest BCUT2D eigenvalue weighted by Gasteiger charge is -2.22. The molecule has 0 aromatic heterocycles. The van der Waals surface area contributed by atoms with Gasteiger partial charge in [0.15, 0.2) is 0 Å². The summed E-state index contributed by atoms with van der Waals surface area (Å²) in [5, 5.41) is 6.34. The second-order valence-electron chi connectivity index (χ2n) is 5.37. The molecule has 1 aromatic carbocycles. The highest BCUT2D eigenvalue weighted by molar-refractivity contribution is 5.92. The number of nitrogens with one attached hydrogen (secondary N) is 2. The first-order valence-corrected chi connectivity index (χ1v) is 6.96. The molecule has 0 saturated carbocycles. The second-order valence-corrected chi connectivity index (χ2v) is 5.37. The summed E-state index contributed by atoms with van der Waals surface area (Å²) in [5.74, 6) is 0.298. The van der Waals surface area contributed by atoms with E-state index in [1.165, 1.54) is 24.0 Å². The molecule has 3 nitrogen and oxygen atoms in total. The van der Waals surface area contributed by atoms with E-state index < -0.39 is 0 Å². The molecule has 1 aliphatic heterocycles. The van der Waals surface area contributed by atoms with Crippen LogP contribution in [0.4, 0.5) is 5.69 Å². The molecule has 3 heteroatoms. The van der Waals surface area contributed by atoms with Crippen LogP contribution in [0.5, 0.6) is 0 Å². The Labute approximate surface area is 108 Å². The molecule has 3 rings (SSSR count). The quantitative estimate of drug-likeness (QED) is 0.836. The topological polar surface area (TPSA) is 41.1 Å². The van der Waals surface area contributed by atoms with E-state index in [0.717, 1.165) is 38.0 Å². The molecule has 1 aliphatic carbocycles. The van der Waals surface area contributed by atoms with Gasteiger partial charge in [-0.3, -0.25) is 4.79 Å². The number of amides is 1. The zero-order chi connectivity index (χ0) is 12.4. The summed E-state index contributed by atoms with van der Waals surface area (Å²) in [4.78, 5) is 12.1. The number of anilines is 1. The van der Waals surface area contributed by atoms with E-state index in [0.29, 0.717) is 0 Å². The van der Waals surface area contributed by atoms with Crippen LogP contribution in [0.1, 0.15) is 30.4 Å². The Bertz CT molecular complexity index is 450. The lowest BCUT2D eigenvalue weighted by molar-refractivity contribution is -0.120. The van der Waals surface area contributed by atoms with Crippen LogP contribution in [0.15, 0.2) is 18.2 Å². The third-order valence-electron chi connectivity index (χ3n) is 4.03. The summed E-state index contributed by atoms with van der Waals surface area (Å²) < 4.78 is 0. The van der Waals surface area contributed by atoms with Gasteiger partial charge in [-0.15, -0.1) is 0 Å². The molecule has 1 amide bonds. The van der Waals surface area contributed by atoms with Crippen molar-refractivity contribution in [2.24, 2.45) is 5.92 Å². The van der Waals surface area contributed by atoms with Crippen LogP contribution in [-0.2, 0) is 17.6 Å². The van der Waals surface area contributed by atoms with E-state index in [1.807, 2.05) is 6.07 Å². The minimum Gasteiger partial charge on any atom is -0.326 e. The average molecular weight is 244 g/mol. The summed E-state index contributed by atoms with van der Waals surface area (Å²) in [6.07, 6.45) is 5.70. The van der Waals surface area contributed by atoms with Gasteiger partial charge < -0.3 is 10.6 Å². The molecule has 1 saturated heterocycles. The first-order valence-electron chi connectivity index (χ1n) is 6.96. The molecule has 0 bridgehead atoms. The largest absolute Gasteiger partial charge is 0.326 e. The van der Waals surface area contributed by atoms with Crippen molar-refractivity contribution < 1.29 is 4.79 Å². The number of piperidine rings is 1. The standard InChI is InChI=1S/C15H20N2O/c18-15(13-5-2-8-16-10-13)17-14-7-6-11-3-1-4-12(11)9-14/h6-7,9,13,16H,1-5,8,10H2,(H,17,18). The van der Waals surface area contributed by atoms with Gasteiger partial charge in [-0.2, -0.15) is 0 Å². The molecule has 0 radical (unpaired) electrons. The first kappa shape index (κ1) is 11.7. The number of carbonyl (C=O) groups excluding carboxylic acids is 1. The van der Waals surface area contributed by atoms with Gasteiger partial charge in [-0.25, -0.2) is 0 Å². The first-order chi connectivity index (χ1) is 8.83. The molecule has 2 aliphatic rings. The third kappa shape index (κ3) is 2.41. The molecule has 2 N–H and O–H groups in total. The van der Waals surface area contributed by atoms with Crippen LogP contribution in [0.25, 0.3) is 0 Å². The van der Waals surface area contributed by atoms with E-state index in [2.05, 4.69) is 22.8 Å². The van der Waals surface area contributed by atoms with Crippen LogP contribution < -0.4 is 10.6 Å².